The van der Waals surface area contributed by atoms with Crippen LogP contribution in [-0.2, 0) is 17.5 Å². The van der Waals surface area contributed by atoms with Gasteiger partial charge in [0.25, 0.3) is 6.71 Å². The van der Waals surface area contributed by atoms with Gasteiger partial charge in [0.1, 0.15) is 0 Å². The molecule has 36 heavy (non-hydrogen) atoms. The highest BCUT2D eigenvalue weighted by Crippen LogP contribution is 2.21. The lowest BCUT2D eigenvalue weighted by molar-refractivity contribution is 0.0800. The Morgan fingerprint density at radius 3 is 2.06 bits per heavy atom. The van der Waals surface area contributed by atoms with Gasteiger partial charge in [-0.25, -0.2) is 25.2 Å². The number of aromatic nitrogens is 4. The predicted octanol–water partition coefficient (Wildman–Crippen LogP) is 0.731. The molecule has 0 aliphatic carbocycles. The Hall–Kier alpha value is -2.81. The van der Waals surface area contributed by atoms with Crippen LogP contribution < -0.4 is 9.80 Å². The third-order valence-electron chi connectivity index (χ3n) is 7.50. The van der Waals surface area contributed by atoms with E-state index >= 15 is 0 Å². The van der Waals surface area contributed by atoms with Gasteiger partial charge in [-0.3, -0.25) is 9.80 Å². The van der Waals surface area contributed by atoms with Crippen molar-refractivity contribution in [2.75, 3.05) is 88.5 Å². The van der Waals surface area contributed by atoms with Crippen molar-refractivity contribution < 1.29 is 4.74 Å². The highest BCUT2D eigenvalue weighted by Gasteiger charge is 2.26. The number of hydrogen-bond acceptors (Lipinski definition) is 10. The second-order valence-corrected chi connectivity index (χ2v) is 10.0. The van der Waals surface area contributed by atoms with Crippen molar-refractivity contribution in [2.45, 2.75) is 26.0 Å². The third-order valence-corrected chi connectivity index (χ3v) is 7.50. The molecule has 2 aromatic heterocycles. The smallest absolute Gasteiger partial charge is 0.272 e. The lowest BCUT2D eigenvalue weighted by atomic mass is 9.43. The predicted molar refractivity (Wildman–Crippen MR) is 141 cm³/mol. The van der Waals surface area contributed by atoms with Crippen molar-refractivity contribution in [1.82, 2.24) is 29.7 Å². The van der Waals surface area contributed by atoms with Gasteiger partial charge in [0.15, 0.2) is 0 Å². The lowest BCUT2D eigenvalue weighted by Gasteiger charge is -2.35. The number of piperazine rings is 2. The molecule has 11 heteroatoms. The molecule has 0 bridgehead atoms. The first-order chi connectivity index (χ1) is 17.7. The summed E-state index contributed by atoms with van der Waals surface area (Å²) in [5.41, 5.74) is 3.37. The van der Waals surface area contributed by atoms with Gasteiger partial charge in [-0.15, -0.1) is 0 Å². The van der Waals surface area contributed by atoms with E-state index < -0.39 is 0 Å². The molecule has 0 aromatic carbocycles. The molecule has 10 nitrogen and oxygen atoms in total. The summed E-state index contributed by atoms with van der Waals surface area (Å²) in [5, 5.41) is 9.18. The molecule has 0 N–H and O–H groups in total. The van der Waals surface area contributed by atoms with E-state index in [1.807, 2.05) is 25.5 Å². The molecular weight excluding hydrogens is 453 g/mol. The molecule has 2 saturated heterocycles. The number of anilines is 2. The fraction of sp³-hybridized carbons (Fsp3) is 0.640. The minimum absolute atomic E-state index is 0.113. The maximum absolute atomic E-state index is 9.18. The molecule has 0 spiro atoms. The molecule has 3 aliphatic rings. The summed E-state index contributed by atoms with van der Waals surface area (Å²) in [6, 6.07) is 0. The van der Waals surface area contributed by atoms with Crippen LogP contribution in [0.1, 0.15) is 16.8 Å². The molecule has 5 rings (SSSR count). The van der Waals surface area contributed by atoms with E-state index in [2.05, 4.69) is 40.5 Å². The van der Waals surface area contributed by atoms with Gasteiger partial charge in [-0.1, -0.05) is 6.32 Å². The van der Waals surface area contributed by atoms with Gasteiger partial charge in [-0.05, 0) is 30.8 Å². The van der Waals surface area contributed by atoms with Crippen LogP contribution in [-0.4, -0.2) is 115 Å². The standard InChI is InChI=1S/C25H36BN9O/c1-21-17-28-24(29-18-21)34-8-4-32(5-9-34)12-14-36-15-13-33-6-10-35(11-7-33)25-30-19-22-16-26(20-27)3-2-23(22)31-25/h17-19H,2-16H2,1H3. The number of hydrogen-bond donors (Lipinski definition) is 0. The summed E-state index contributed by atoms with van der Waals surface area (Å²) in [5.74, 6) is 4.07. The Morgan fingerprint density at radius 2 is 1.44 bits per heavy atom. The Bertz CT molecular complexity index is 1030. The second-order valence-electron chi connectivity index (χ2n) is 10.0. The summed E-state index contributed by atoms with van der Waals surface area (Å²) >= 11 is 0. The van der Waals surface area contributed by atoms with Crippen LogP contribution in [0.5, 0.6) is 0 Å². The van der Waals surface area contributed by atoms with E-state index in [1.54, 1.807) is 0 Å². The molecule has 0 amide bonds. The zero-order valence-corrected chi connectivity index (χ0v) is 21.3. The first kappa shape index (κ1) is 24.9. The zero-order valence-electron chi connectivity index (χ0n) is 21.3. The van der Waals surface area contributed by atoms with Crippen LogP contribution in [0.25, 0.3) is 0 Å². The summed E-state index contributed by atoms with van der Waals surface area (Å²) in [6.45, 7) is 13.5. The first-order valence-electron chi connectivity index (χ1n) is 13.2. The normalized spacial score (nSPS) is 19.3. The molecule has 5 heterocycles. The highest BCUT2D eigenvalue weighted by molar-refractivity contribution is 6.66. The minimum atomic E-state index is 0.113. The van der Waals surface area contributed by atoms with Gasteiger partial charge in [0, 0.05) is 95.7 Å². The topological polar surface area (TPSA) is 97.5 Å². The van der Waals surface area contributed by atoms with E-state index in [1.165, 1.54) is 0 Å². The minimum Gasteiger partial charge on any atom is -0.379 e. The van der Waals surface area contributed by atoms with Gasteiger partial charge in [0.05, 0.1) is 13.2 Å². The molecule has 0 saturated carbocycles. The van der Waals surface area contributed by atoms with Crippen molar-refractivity contribution in [1.29, 1.82) is 5.26 Å². The van der Waals surface area contributed by atoms with Crippen LogP contribution in [0, 0.1) is 18.2 Å². The average Bonchev–Trinajstić information content (AvgIpc) is 2.93. The molecular formula is C25H36BN9O. The largest absolute Gasteiger partial charge is 0.379 e. The Kier molecular flexibility index (Phi) is 8.26. The van der Waals surface area contributed by atoms with Gasteiger partial charge < -0.3 is 14.5 Å². The average molecular weight is 489 g/mol. The van der Waals surface area contributed by atoms with Gasteiger partial charge in [-0.2, -0.15) is 0 Å². The number of aryl methyl sites for hydroxylation is 2. The summed E-state index contributed by atoms with van der Waals surface area (Å²) in [7, 11) is 0. The van der Waals surface area contributed by atoms with Crippen LogP contribution in [0.3, 0.4) is 0 Å². The summed E-state index contributed by atoms with van der Waals surface area (Å²) in [4.78, 5) is 27.8. The SMILES string of the molecule is Cc1cnc(N2CCN(CCOCCN3CCN(c4ncc5c(n4)CCB(C#N)C5)CC3)CC2)nc1. The molecule has 0 unspecified atom stereocenters. The zero-order chi connectivity index (χ0) is 24.7. The number of nitriles is 1. The number of fused-ring (bicyclic) bond motifs is 1. The van der Waals surface area contributed by atoms with E-state index in [9.17, 15) is 5.26 Å². The van der Waals surface area contributed by atoms with Crippen molar-refractivity contribution in [3.05, 3.63) is 35.4 Å². The third kappa shape index (κ3) is 6.30. The quantitative estimate of drug-likeness (QED) is 0.390. The Balaban J connectivity index is 0.951. The molecule has 0 radical (unpaired) electrons. The highest BCUT2D eigenvalue weighted by atomic mass is 16.5. The maximum Gasteiger partial charge on any atom is 0.272 e. The molecule has 3 aliphatic heterocycles. The summed E-state index contributed by atoms with van der Waals surface area (Å²) < 4.78 is 5.97. The Labute approximate surface area is 214 Å². The molecule has 190 valence electrons. The second kappa shape index (κ2) is 12.0. The molecule has 2 aromatic rings. The monoisotopic (exact) mass is 489 g/mol. The van der Waals surface area contributed by atoms with Crippen LogP contribution in [0.15, 0.2) is 18.6 Å². The summed E-state index contributed by atoms with van der Waals surface area (Å²) in [6.07, 6.45) is 8.30. The first-order valence-corrected chi connectivity index (χ1v) is 13.2. The van der Waals surface area contributed by atoms with Crippen molar-refractivity contribution in [2.24, 2.45) is 0 Å². The van der Waals surface area contributed by atoms with E-state index in [0.29, 0.717) is 0 Å². The van der Waals surface area contributed by atoms with Crippen molar-refractivity contribution in [3.8, 4) is 5.97 Å². The fourth-order valence-corrected chi connectivity index (χ4v) is 5.14. The fourth-order valence-electron chi connectivity index (χ4n) is 5.14. The number of nitrogens with zero attached hydrogens (tertiary/aromatic N) is 9. The molecule has 0 atom stereocenters. The number of rotatable bonds is 8. The Morgan fingerprint density at radius 1 is 0.861 bits per heavy atom. The lowest BCUT2D eigenvalue weighted by Crippen LogP contribution is -2.48. The van der Waals surface area contributed by atoms with Gasteiger partial charge >= 0.3 is 0 Å². The van der Waals surface area contributed by atoms with Crippen LogP contribution in [0.2, 0.25) is 6.32 Å². The van der Waals surface area contributed by atoms with Crippen molar-refractivity contribution >= 4 is 18.6 Å². The van der Waals surface area contributed by atoms with Gasteiger partial charge in [0.2, 0.25) is 11.9 Å². The van der Waals surface area contributed by atoms with Crippen LogP contribution >= 0.6 is 0 Å². The number of ether oxygens (including phenoxy) is 1. The molecule has 2 fully saturated rings. The van der Waals surface area contributed by atoms with Crippen molar-refractivity contribution in [3.63, 3.8) is 0 Å². The van der Waals surface area contributed by atoms with E-state index in [4.69, 9.17) is 9.72 Å². The van der Waals surface area contributed by atoms with E-state index in [0.717, 1.165) is 126 Å². The maximum atomic E-state index is 9.18. The van der Waals surface area contributed by atoms with Crippen LogP contribution in [0.4, 0.5) is 11.9 Å². The van der Waals surface area contributed by atoms with E-state index in [-0.39, 0.29) is 6.71 Å².